The fourth-order valence-electron chi connectivity index (χ4n) is 1.14. The summed E-state index contributed by atoms with van der Waals surface area (Å²) in [4.78, 5) is 23.1. The molecule has 1 rings (SSSR count). The van der Waals surface area contributed by atoms with Crippen LogP contribution in [0.25, 0.3) is 0 Å². The summed E-state index contributed by atoms with van der Waals surface area (Å²) in [6, 6.07) is 6.49. The van der Waals surface area contributed by atoms with Gasteiger partial charge in [-0.1, -0.05) is 12.1 Å². The topological polar surface area (TPSA) is 57.6 Å². The van der Waals surface area contributed by atoms with Crippen LogP contribution < -0.4 is 0 Å². The van der Waals surface area contributed by atoms with Gasteiger partial charge in [0.25, 0.3) is 0 Å². The van der Waals surface area contributed by atoms with Crippen molar-refractivity contribution in [2.24, 2.45) is 0 Å². The lowest BCUT2D eigenvalue weighted by molar-refractivity contribution is -0.128. The average molecular weight is 207 g/mol. The van der Waals surface area contributed by atoms with Crippen molar-refractivity contribution in [2.75, 3.05) is 7.05 Å². The summed E-state index contributed by atoms with van der Waals surface area (Å²) in [7, 11) is 1.70. The largest absolute Gasteiger partial charge is 0.478 e. The molecule has 0 bridgehead atoms. The first kappa shape index (κ1) is 11.2. The van der Waals surface area contributed by atoms with Gasteiger partial charge in [0.2, 0.25) is 5.91 Å². The van der Waals surface area contributed by atoms with Crippen molar-refractivity contribution >= 4 is 11.9 Å². The molecule has 0 aliphatic carbocycles. The number of carbonyl (C=O) groups is 2. The van der Waals surface area contributed by atoms with Gasteiger partial charge in [0.1, 0.15) is 0 Å². The highest BCUT2D eigenvalue weighted by Crippen LogP contribution is 2.06. The predicted molar refractivity (Wildman–Crippen MR) is 55.5 cm³/mol. The van der Waals surface area contributed by atoms with Crippen LogP contribution >= 0.6 is 0 Å². The van der Waals surface area contributed by atoms with Crippen LogP contribution in [0, 0.1) is 0 Å². The van der Waals surface area contributed by atoms with Crippen molar-refractivity contribution in [3.63, 3.8) is 0 Å². The van der Waals surface area contributed by atoms with Gasteiger partial charge in [-0.15, -0.1) is 0 Å². The third kappa shape index (κ3) is 3.09. The average Bonchev–Trinajstić information content (AvgIpc) is 2.18. The number of rotatable bonds is 3. The maximum Gasteiger partial charge on any atom is 0.335 e. The lowest BCUT2D eigenvalue weighted by atomic mass is 10.1. The van der Waals surface area contributed by atoms with Crippen molar-refractivity contribution in [3.05, 3.63) is 35.4 Å². The number of carbonyl (C=O) groups excluding carboxylic acids is 1. The SMILES string of the molecule is CC(=O)N(C)Cc1ccc(C(=O)O)cc1. The molecule has 4 nitrogen and oxygen atoms in total. The van der Waals surface area contributed by atoms with E-state index < -0.39 is 5.97 Å². The molecule has 0 aliphatic heterocycles. The van der Waals surface area contributed by atoms with Gasteiger partial charge in [-0.25, -0.2) is 4.79 Å². The molecule has 0 saturated heterocycles. The van der Waals surface area contributed by atoms with Gasteiger partial charge in [0.15, 0.2) is 0 Å². The van der Waals surface area contributed by atoms with E-state index in [1.54, 1.807) is 24.1 Å². The summed E-state index contributed by atoms with van der Waals surface area (Å²) in [6.07, 6.45) is 0. The minimum Gasteiger partial charge on any atom is -0.478 e. The summed E-state index contributed by atoms with van der Waals surface area (Å²) < 4.78 is 0. The summed E-state index contributed by atoms with van der Waals surface area (Å²) in [5.41, 5.74) is 1.17. The molecule has 0 radical (unpaired) electrons. The molecule has 80 valence electrons. The highest BCUT2D eigenvalue weighted by molar-refractivity contribution is 5.87. The Morgan fingerprint density at radius 2 is 1.80 bits per heavy atom. The van der Waals surface area contributed by atoms with Crippen molar-refractivity contribution in [3.8, 4) is 0 Å². The number of aromatic carboxylic acids is 1. The Balaban J connectivity index is 2.72. The molecule has 0 heterocycles. The molecule has 4 heteroatoms. The molecule has 0 atom stereocenters. The Bertz CT molecular complexity index is 370. The minimum atomic E-state index is -0.943. The van der Waals surface area contributed by atoms with Crippen molar-refractivity contribution in [2.45, 2.75) is 13.5 Å². The van der Waals surface area contributed by atoms with E-state index in [0.717, 1.165) is 5.56 Å². The van der Waals surface area contributed by atoms with E-state index in [-0.39, 0.29) is 11.5 Å². The molecule has 0 spiro atoms. The second-order valence-electron chi connectivity index (χ2n) is 3.38. The maximum atomic E-state index is 11.0. The number of amides is 1. The van der Waals surface area contributed by atoms with Crippen LogP contribution in [0.15, 0.2) is 24.3 Å². The molecule has 0 aromatic heterocycles. The van der Waals surface area contributed by atoms with Crippen LogP contribution in [-0.2, 0) is 11.3 Å². The van der Waals surface area contributed by atoms with Crippen LogP contribution in [0.4, 0.5) is 0 Å². The van der Waals surface area contributed by atoms with E-state index in [2.05, 4.69) is 0 Å². The standard InChI is InChI=1S/C11H13NO3/c1-8(13)12(2)7-9-3-5-10(6-4-9)11(14)15/h3-6H,7H2,1-2H3,(H,14,15). The summed E-state index contributed by atoms with van der Waals surface area (Å²) in [6.45, 7) is 1.99. The first-order chi connectivity index (χ1) is 7.00. The molecule has 15 heavy (non-hydrogen) atoms. The Kier molecular flexibility index (Phi) is 3.44. The fraction of sp³-hybridized carbons (Fsp3) is 0.273. The number of hydrogen-bond acceptors (Lipinski definition) is 2. The molecule has 0 saturated carbocycles. The maximum absolute atomic E-state index is 11.0. The predicted octanol–water partition coefficient (Wildman–Crippen LogP) is 1.36. The minimum absolute atomic E-state index is 0.0164. The number of benzene rings is 1. The van der Waals surface area contributed by atoms with E-state index in [4.69, 9.17) is 5.11 Å². The van der Waals surface area contributed by atoms with Gasteiger partial charge in [0.05, 0.1) is 5.56 Å². The zero-order valence-electron chi connectivity index (χ0n) is 8.73. The summed E-state index contributed by atoms with van der Waals surface area (Å²) in [5, 5.41) is 8.68. The van der Waals surface area contributed by atoms with E-state index in [9.17, 15) is 9.59 Å². The van der Waals surface area contributed by atoms with E-state index in [1.165, 1.54) is 19.1 Å². The second kappa shape index (κ2) is 4.59. The van der Waals surface area contributed by atoms with Crippen LogP contribution in [0.3, 0.4) is 0 Å². The zero-order chi connectivity index (χ0) is 11.4. The quantitative estimate of drug-likeness (QED) is 0.814. The van der Waals surface area contributed by atoms with Crippen LogP contribution in [0.5, 0.6) is 0 Å². The lowest BCUT2D eigenvalue weighted by Crippen LogP contribution is -2.22. The molecular formula is C11H13NO3. The Morgan fingerprint density at radius 1 is 1.27 bits per heavy atom. The van der Waals surface area contributed by atoms with E-state index in [0.29, 0.717) is 6.54 Å². The fourth-order valence-corrected chi connectivity index (χ4v) is 1.14. The Hall–Kier alpha value is -1.84. The first-order valence-corrected chi connectivity index (χ1v) is 4.54. The third-order valence-corrected chi connectivity index (χ3v) is 2.16. The van der Waals surface area contributed by atoms with Gasteiger partial charge in [-0.05, 0) is 17.7 Å². The molecule has 1 aromatic rings. The lowest BCUT2D eigenvalue weighted by Gasteiger charge is -2.14. The summed E-state index contributed by atoms with van der Waals surface area (Å²) in [5.74, 6) is -0.959. The van der Waals surface area contributed by atoms with Crippen LogP contribution in [0.1, 0.15) is 22.8 Å². The number of carboxylic acids is 1. The normalized spacial score (nSPS) is 9.73. The van der Waals surface area contributed by atoms with Crippen LogP contribution in [-0.4, -0.2) is 28.9 Å². The highest BCUT2D eigenvalue weighted by atomic mass is 16.4. The van der Waals surface area contributed by atoms with Gasteiger partial charge >= 0.3 is 5.97 Å². The molecule has 0 aliphatic rings. The molecular weight excluding hydrogens is 194 g/mol. The second-order valence-corrected chi connectivity index (χ2v) is 3.38. The molecule has 1 aromatic carbocycles. The number of nitrogens with zero attached hydrogens (tertiary/aromatic N) is 1. The van der Waals surface area contributed by atoms with Crippen LogP contribution in [0.2, 0.25) is 0 Å². The highest BCUT2D eigenvalue weighted by Gasteiger charge is 2.05. The molecule has 1 amide bonds. The number of carboxylic acid groups (broad SMARTS) is 1. The summed E-state index contributed by atoms with van der Waals surface area (Å²) >= 11 is 0. The number of hydrogen-bond donors (Lipinski definition) is 1. The smallest absolute Gasteiger partial charge is 0.335 e. The van der Waals surface area contributed by atoms with Crippen molar-refractivity contribution in [1.29, 1.82) is 0 Å². The molecule has 1 N–H and O–H groups in total. The Morgan fingerprint density at radius 3 is 2.20 bits per heavy atom. The van der Waals surface area contributed by atoms with Gasteiger partial charge in [-0.3, -0.25) is 4.79 Å². The van der Waals surface area contributed by atoms with Gasteiger partial charge < -0.3 is 10.0 Å². The van der Waals surface area contributed by atoms with Gasteiger partial charge in [-0.2, -0.15) is 0 Å². The zero-order valence-corrected chi connectivity index (χ0v) is 8.73. The van der Waals surface area contributed by atoms with E-state index in [1.807, 2.05) is 0 Å². The first-order valence-electron chi connectivity index (χ1n) is 4.54. The third-order valence-electron chi connectivity index (χ3n) is 2.16. The van der Waals surface area contributed by atoms with Crippen molar-refractivity contribution in [1.82, 2.24) is 4.90 Å². The Labute approximate surface area is 88.1 Å². The molecule has 0 unspecified atom stereocenters. The van der Waals surface area contributed by atoms with E-state index >= 15 is 0 Å². The van der Waals surface area contributed by atoms with Gasteiger partial charge in [0, 0.05) is 20.5 Å². The molecule has 0 fully saturated rings. The monoisotopic (exact) mass is 207 g/mol. The van der Waals surface area contributed by atoms with Crippen molar-refractivity contribution < 1.29 is 14.7 Å².